The van der Waals surface area contributed by atoms with Crippen LogP contribution in [0.15, 0.2) is 53.6 Å². The molecule has 0 radical (unpaired) electrons. The van der Waals surface area contributed by atoms with Crippen molar-refractivity contribution >= 4 is 18.1 Å². The molecule has 0 spiro atoms. The van der Waals surface area contributed by atoms with E-state index in [0.717, 1.165) is 5.56 Å². The van der Waals surface area contributed by atoms with Crippen LogP contribution >= 0.6 is 0 Å². The second kappa shape index (κ2) is 7.48. The molecule has 3 rings (SSSR count). The number of benzene rings is 2. The lowest BCUT2D eigenvalue weighted by molar-refractivity contribution is -0.132. The molecule has 0 aliphatic carbocycles. The van der Waals surface area contributed by atoms with Gasteiger partial charge in [-0.15, -0.1) is 0 Å². The van der Waals surface area contributed by atoms with Crippen LogP contribution < -0.4 is 19.6 Å². The Balaban J connectivity index is 1.54. The zero-order valence-corrected chi connectivity index (χ0v) is 13.5. The second-order valence-electron chi connectivity index (χ2n) is 5.26. The standard InChI is InChI=1S/C18H16N2O5/c1-12(21)24-14-8-6-13(7-9-14)10-19-20-18(22)17-11-23-15-4-2-3-5-16(15)25-17/h2-10,17H,11H2,1H3,(H,20,22)/b19-10+. The van der Waals surface area contributed by atoms with Crippen molar-refractivity contribution in [2.75, 3.05) is 6.61 Å². The van der Waals surface area contributed by atoms with Crippen LogP contribution in [0.25, 0.3) is 0 Å². The van der Waals surface area contributed by atoms with Gasteiger partial charge in [0.25, 0.3) is 5.91 Å². The van der Waals surface area contributed by atoms with Crippen LogP contribution in [0.2, 0.25) is 0 Å². The minimum Gasteiger partial charge on any atom is -0.485 e. The number of fused-ring (bicyclic) bond motifs is 1. The van der Waals surface area contributed by atoms with E-state index in [2.05, 4.69) is 10.5 Å². The van der Waals surface area contributed by atoms with E-state index in [4.69, 9.17) is 14.2 Å². The summed E-state index contributed by atoms with van der Waals surface area (Å²) in [5, 5.41) is 3.90. The Kier molecular flexibility index (Phi) is 4.94. The fourth-order valence-corrected chi connectivity index (χ4v) is 2.18. The minimum absolute atomic E-state index is 0.120. The number of carbonyl (C=O) groups excluding carboxylic acids is 2. The van der Waals surface area contributed by atoms with Gasteiger partial charge in [0.1, 0.15) is 12.4 Å². The van der Waals surface area contributed by atoms with Gasteiger partial charge >= 0.3 is 5.97 Å². The van der Waals surface area contributed by atoms with Crippen molar-refractivity contribution in [2.24, 2.45) is 5.10 Å². The summed E-state index contributed by atoms with van der Waals surface area (Å²) in [6.07, 6.45) is 0.714. The highest BCUT2D eigenvalue weighted by Gasteiger charge is 2.26. The van der Waals surface area contributed by atoms with Crippen LogP contribution in [-0.2, 0) is 9.59 Å². The van der Waals surface area contributed by atoms with Gasteiger partial charge in [-0.2, -0.15) is 5.10 Å². The first kappa shape index (κ1) is 16.5. The van der Waals surface area contributed by atoms with Gasteiger partial charge in [0, 0.05) is 6.92 Å². The fourth-order valence-electron chi connectivity index (χ4n) is 2.18. The van der Waals surface area contributed by atoms with E-state index in [0.29, 0.717) is 17.2 Å². The largest absolute Gasteiger partial charge is 0.485 e. The third-order valence-electron chi connectivity index (χ3n) is 3.33. The zero-order chi connectivity index (χ0) is 17.6. The summed E-state index contributed by atoms with van der Waals surface area (Å²) in [6, 6.07) is 13.9. The van der Waals surface area contributed by atoms with Gasteiger partial charge in [-0.1, -0.05) is 12.1 Å². The first-order valence-electron chi connectivity index (χ1n) is 7.62. The number of hydrogen-bond donors (Lipinski definition) is 1. The summed E-state index contributed by atoms with van der Waals surface area (Å²) in [5.74, 6) is 0.800. The number of carbonyl (C=O) groups is 2. The van der Waals surface area contributed by atoms with E-state index in [1.807, 2.05) is 6.07 Å². The molecule has 0 fully saturated rings. The summed E-state index contributed by atoms with van der Waals surface area (Å²) >= 11 is 0. The summed E-state index contributed by atoms with van der Waals surface area (Å²) in [5.41, 5.74) is 3.16. The molecule has 2 aromatic rings. The van der Waals surface area contributed by atoms with Crippen LogP contribution in [0.1, 0.15) is 12.5 Å². The maximum Gasteiger partial charge on any atom is 0.308 e. The number of ether oxygens (including phenoxy) is 3. The molecule has 1 atom stereocenters. The fraction of sp³-hybridized carbons (Fsp3) is 0.167. The van der Waals surface area contributed by atoms with Crippen molar-refractivity contribution in [3.8, 4) is 17.2 Å². The smallest absolute Gasteiger partial charge is 0.308 e. The van der Waals surface area contributed by atoms with Crippen molar-refractivity contribution < 1.29 is 23.8 Å². The lowest BCUT2D eigenvalue weighted by Crippen LogP contribution is -2.42. The molecule has 1 amide bonds. The van der Waals surface area contributed by atoms with Gasteiger partial charge in [0.05, 0.1) is 6.21 Å². The molecule has 0 bridgehead atoms. The molecule has 7 nitrogen and oxygen atoms in total. The van der Waals surface area contributed by atoms with Gasteiger partial charge in [-0.05, 0) is 42.0 Å². The third kappa shape index (κ3) is 4.35. The van der Waals surface area contributed by atoms with E-state index >= 15 is 0 Å². The van der Waals surface area contributed by atoms with Crippen LogP contribution in [0, 0.1) is 0 Å². The van der Waals surface area contributed by atoms with Crippen LogP contribution in [0.4, 0.5) is 0 Å². The molecule has 0 aromatic heterocycles. The van der Waals surface area contributed by atoms with Crippen LogP contribution in [0.5, 0.6) is 17.2 Å². The summed E-state index contributed by atoms with van der Waals surface area (Å²) in [6.45, 7) is 1.45. The zero-order valence-electron chi connectivity index (χ0n) is 13.5. The Morgan fingerprint density at radius 1 is 1.16 bits per heavy atom. The molecular weight excluding hydrogens is 324 g/mol. The Morgan fingerprint density at radius 2 is 1.88 bits per heavy atom. The number of amides is 1. The molecule has 0 saturated carbocycles. The lowest BCUT2D eigenvalue weighted by atomic mass is 10.2. The Hall–Kier alpha value is -3.35. The van der Waals surface area contributed by atoms with Crippen LogP contribution in [0.3, 0.4) is 0 Å². The number of rotatable bonds is 4. The number of hydrogen-bond acceptors (Lipinski definition) is 6. The lowest BCUT2D eigenvalue weighted by Gasteiger charge is -2.24. The first-order chi connectivity index (χ1) is 12.1. The van der Waals surface area contributed by atoms with Gasteiger partial charge in [-0.3, -0.25) is 9.59 Å². The number of hydrazone groups is 1. The predicted molar refractivity (Wildman–Crippen MR) is 89.8 cm³/mol. The summed E-state index contributed by atoms with van der Waals surface area (Å²) in [4.78, 5) is 22.9. The Morgan fingerprint density at radius 3 is 2.60 bits per heavy atom. The van der Waals surface area contributed by atoms with E-state index in [1.165, 1.54) is 13.1 Å². The number of esters is 1. The molecule has 1 N–H and O–H groups in total. The SMILES string of the molecule is CC(=O)Oc1ccc(/C=N/NC(=O)C2COc3ccccc3O2)cc1. The number of para-hydroxylation sites is 2. The topological polar surface area (TPSA) is 86.2 Å². The average Bonchev–Trinajstić information content (AvgIpc) is 2.62. The van der Waals surface area contributed by atoms with E-state index in [-0.39, 0.29) is 12.6 Å². The maximum absolute atomic E-state index is 12.1. The third-order valence-corrected chi connectivity index (χ3v) is 3.33. The van der Waals surface area contributed by atoms with Crippen molar-refractivity contribution in [3.05, 3.63) is 54.1 Å². The van der Waals surface area contributed by atoms with Crippen molar-refractivity contribution in [3.63, 3.8) is 0 Å². The summed E-state index contributed by atoms with van der Waals surface area (Å²) in [7, 11) is 0. The van der Waals surface area contributed by atoms with Gasteiger partial charge < -0.3 is 14.2 Å². The van der Waals surface area contributed by atoms with Crippen LogP contribution in [-0.4, -0.2) is 30.8 Å². The molecule has 1 aliphatic rings. The summed E-state index contributed by atoms with van der Waals surface area (Å²) < 4.78 is 16.0. The Labute approximate surface area is 144 Å². The Bertz CT molecular complexity index is 801. The van der Waals surface area contributed by atoms with Gasteiger partial charge in [0.2, 0.25) is 6.10 Å². The monoisotopic (exact) mass is 340 g/mol. The molecule has 1 unspecified atom stereocenters. The van der Waals surface area contributed by atoms with Crippen molar-refractivity contribution in [1.82, 2.24) is 5.43 Å². The molecular formula is C18H16N2O5. The molecule has 7 heteroatoms. The highest BCUT2D eigenvalue weighted by molar-refractivity contribution is 5.85. The molecule has 128 valence electrons. The molecule has 2 aromatic carbocycles. The molecule has 1 heterocycles. The highest BCUT2D eigenvalue weighted by Crippen LogP contribution is 2.30. The second-order valence-corrected chi connectivity index (χ2v) is 5.26. The number of nitrogens with one attached hydrogen (secondary N) is 1. The van der Waals surface area contributed by atoms with Crippen molar-refractivity contribution in [1.29, 1.82) is 0 Å². The predicted octanol–water partition coefficient (Wildman–Crippen LogP) is 1.90. The number of nitrogens with zero attached hydrogens (tertiary/aromatic N) is 1. The molecule has 1 aliphatic heterocycles. The van der Waals surface area contributed by atoms with Gasteiger partial charge in [0.15, 0.2) is 11.5 Å². The van der Waals surface area contributed by atoms with E-state index in [9.17, 15) is 9.59 Å². The quantitative estimate of drug-likeness (QED) is 0.398. The van der Waals surface area contributed by atoms with E-state index < -0.39 is 12.0 Å². The average molecular weight is 340 g/mol. The maximum atomic E-state index is 12.1. The van der Waals surface area contributed by atoms with Gasteiger partial charge in [-0.25, -0.2) is 5.43 Å². The normalized spacial score (nSPS) is 15.6. The molecule has 0 saturated heterocycles. The first-order valence-corrected chi connectivity index (χ1v) is 7.62. The molecule has 25 heavy (non-hydrogen) atoms. The highest BCUT2D eigenvalue weighted by atomic mass is 16.6. The van der Waals surface area contributed by atoms with E-state index in [1.54, 1.807) is 42.5 Å². The minimum atomic E-state index is -0.765. The van der Waals surface area contributed by atoms with Crippen molar-refractivity contribution in [2.45, 2.75) is 13.0 Å².